The van der Waals surface area contributed by atoms with Crippen molar-refractivity contribution in [3.05, 3.63) is 21.9 Å². The van der Waals surface area contributed by atoms with Gasteiger partial charge in [0, 0.05) is 6.20 Å². The van der Waals surface area contributed by atoms with Gasteiger partial charge in [0.2, 0.25) is 0 Å². The minimum atomic E-state index is -4.56. The molecule has 0 unspecified atom stereocenters. The van der Waals surface area contributed by atoms with Crippen molar-refractivity contribution in [3.63, 3.8) is 0 Å². The van der Waals surface area contributed by atoms with Crippen molar-refractivity contribution >= 4 is 28.9 Å². The van der Waals surface area contributed by atoms with Crippen LogP contribution >= 0.6 is 23.2 Å². The second-order valence-electron chi connectivity index (χ2n) is 2.19. The molecule has 0 saturated heterocycles. The minimum absolute atomic E-state index is 0.243. The molecule has 0 saturated carbocycles. The van der Waals surface area contributed by atoms with Gasteiger partial charge in [0.05, 0.1) is 11.3 Å². The van der Waals surface area contributed by atoms with Crippen LogP contribution in [-0.4, -0.2) is 4.98 Å². The van der Waals surface area contributed by atoms with E-state index in [9.17, 15) is 13.2 Å². The second-order valence-corrected chi connectivity index (χ2v) is 2.92. The zero-order valence-corrected chi connectivity index (χ0v) is 7.50. The molecule has 2 nitrogen and oxygen atoms in total. The largest absolute Gasteiger partial charge is 0.419 e. The third-order valence-electron chi connectivity index (χ3n) is 1.32. The molecule has 0 atom stereocenters. The smallest absolute Gasteiger partial charge is 0.397 e. The molecule has 1 heterocycles. The zero-order chi connectivity index (χ0) is 10.2. The Morgan fingerprint density at radius 1 is 1.31 bits per heavy atom. The highest BCUT2D eigenvalue weighted by molar-refractivity contribution is 6.42. The monoisotopic (exact) mass is 230 g/mol. The van der Waals surface area contributed by atoms with Crippen LogP contribution in [0.4, 0.5) is 18.9 Å². The van der Waals surface area contributed by atoms with Crippen LogP contribution in [0.15, 0.2) is 6.20 Å². The summed E-state index contributed by atoms with van der Waals surface area (Å²) in [6.45, 7) is 0. The van der Waals surface area contributed by atoms with Crippen LogP contribution in [-0.2, 0) is 6.18 Å². The summed E-state index contributed by atoms with van der Waals surface area (Å²) in [5.74, 6) is 0. The van der Waals surface area contributed by atoms with Crippen LogP contribution in [0.2, 0.25) is 10.2 Å². The first kappa shape index (κ1) is 10.4. The van der Waals surface area contributed by atoms with E-state index in [0.29, 0.717) is 6.20 Å². The van der Waals surface area contributed by atoms with E-state index >= 15 is 0 Å². The molecule has 0 bridgehead atoms. The molecule has 13 heavy (non-hydrogen) atoms. The van der Waals surface area contributed by atoms with Crippen molar-refractivity contribution < 1.29 is 13.2 Å². The summed E-state index contributed by atoms with van der Waals surface area (Å²) in [6, 6.07) is 0. The topological polar surface area (TPSA) is 38.9 Å². The van der Waals surface area contributed by atoms with Crippen molar-refractivity contribution in [2.75, 3.05) is 5.73 Å². The molecule has 0 aliphatic carbocycles. The molecule has 2 N–H and O–H groups in total. The molecule has 0 amide bonds. The maximum Gasteiger partial charge on any atom is 0.419 e. The van der Waals surface area contributed by atoms with E-state index in [1.165, 1.54) is 0 Å². The summed E-state index contributed by atoms with van der Waals surface area (Å²) >= 11 is 10.7. The number of anilines is 1. The maximum atomic E-state index is 12.1. The lowest BCUT2D eigenvalue weighted by atomic mass is 10.2. The Hall–Kier alpha value is -0.680. The van der Waals surface area contributed by atoms with Crippen molar-refractivity contribution in [2.24, 2.45) is 0 Å². The van der Waals surface area contributed by atoms with Crippen LogP contribution < -0.4 is 5.73 Å². The van der Waals surface area contributed by atoms with Crippen LogP contribution in [0.3, 0.4) is 0 Å². The molecule has 0 radical (unpaired) electrons. The Morgan fingerprint density at radius 3 is 2.31 bits per heavy atom. The Balaban J connectivity index is 3.35. The standard InChI is InChI=1S/C6H3Cl2F3N2/c7-3-4(12)2(6(9,10)11)1-13-5(3)8/h1H,(H2,12,13). The highest BCUT2D eigenvalue weighted by Crippen LogP contribution is 2.38. The molecule has 1 rings (SSSR count). The first-order valence-electron chi connectivity index (χ1n) is 3.00. The number of nitrogens with two attached hydrogens (primary N) is 1. The van der Waals surface area contributed by atoms with Gasteiger partial charge in [-0.05, 0) is 0 Å². The van der Waals surface area contributed by atoms with Crippen LogP contribution in [0.1, 0.15) is 5.56 Å². The molecule has 7 heteroatoms. The molecule has 0 aromatic carbocycles. The first-order valence-corrected chi connectivity index (χ1v) is 3.76. The van der Waals surface area contributed by atoms with Crippen LogP contribution in [0.25, 0.3) is 0 Å². The van der Waals surface area contributed by atoms with Gasteiger partial charge in [-0.3, -0.25) is 0 Å². The van der Waals surface area contributed by atoms with Gasteiger partial charge in [0.1, 0.15) is 10.2 Å². The van der Waals surface area contributed by atoms with Gasteiger partial charge in [0.25, 0.3) is 0 Å². The third kappa shape index (κ3) is 1.97. The predicted octanol–water partition coefficient (Wildman–Crippen LogP) is 2.99. The number of nitrogens with zero attached hydrogens (tertiary/aromatic N) is 1. The van der Waals surface area contributed by atoms with Gasteiger partial charge >= 0.3 is 6.18 Å². The van der Waals surface area contributed by atoms with Crippen molar-refractivity contribution in [1.82, 2.24) is 4.98 Å². The summed E-state index contributed by atoms with van der Waals surface area (Å²) in [5, 5.41) is -0.622. The number of halogens is 5. The lowest BCUT2D eigenvalue weighted by molar-refractivity contribution is -0.137. The normalized spacial score (nSPS) is 11.8. The van der Waals surface area contributed by atoms with E-state index in [0.717, 1.165) is 0 Å². The summed E-state index contributed by atoms with van der Waals surface area (Å²) in [5.41, 5.74) is 3.41. The first-order chi connectivity index (χ1) is 5.84. The van der Waals surface area contributed by atoms with Gasteiger partial charge in [-0.25, -0.2) is 4.98 Å². The van der Waals surface area contributed by atoms with E-state index in [4.69, 9.17) is 28.9 Å². The highest BCUT2D eigenvalue weighted by atomic mass is 35.5. The zero-order valence-electron chi connectivity index (χ0n) is 5.99. The number of pyridine rings is 1. The molecular weight excluding hydrogens is 228 g/mol. The number of hydrogen-bond donors (Lipinski definition) is 1. The number of hydrogen-bond acceptors (Lipinski definition) is 2. The van der Waals surface area contributed by atoms with E-state index in [2.05, 4.69) is 4.98 Å². The summed E-state index contributed by atoms with van der Waals surface area (Å²) < 4.78 is 36.4. The van der Waals surface area contributed by atoms with Gasteiger partial charge in [0.15, 0.2) is 0 Å². The lowest BCUT2D eigenvalue weighted by Gasteiger charge is -2.10. The Bertz CT molecular complexity index is 337. The fourth-order valence-electron chi connectivity index (χ4n) is 0.703. The molecule has 72 valence electrons. The van der Waals surface area contributed by atoms with Crippen LogP contribution in [0, 0.1) is 0 Å². The Kier molecular flexibility index (Phi) is 2.58. The van der Waals surface area contributed by atoms with Crippen molar-refractivity contribution in [3.8, 4) is 0 Å². The van der Waals surface area contributed by atoms with Gasteiger partial charge in [-0.15, -0.1) is 0 Å². The Morgan fingerprint density at radius 2 is 1.85 bits per heavy atom. The maximum absolute atomic E-state index is 12.1. The van der Waals surface area contributed by atoms with Gasteiger partial charge < -0.3 is 5.73 Å². The molecular formula is C6H3Cl2F3N2. The fraction of sp³-hybridized carbons (Fsp3) is 0.167. The summed E-state index contributed by atoms with van der Waals surface area (Å²) in [4.78, 5) is 3.24. The third-order valence-corrected chi connectivity index (χ3v) is 2.09. The lowest BCUT2D eigenvalue weighted by Crippen LogP contribution is -2.10. The SMILES string of the molecule is Nc1c(C(F)(F)F)cnc(Cl)c1Cl. The minimum Gasteiger partial charge on any atom is -0.397 e. The van der Waals surface area contributed by atoms with Crippen LogP contribution in [0.5, 0.6) is 0 Å². The molecule has 0 aliphatic rings. The van der Waals surface area contributed by atoms with Crippen molar-refractivity contribution in [1.29, 1.82) is 0 Å². The fourth-order valence-corrected chi connectivity index (χ4v) is 1.00. The number of nitrogen functional groups attached to an aromatic ring is 1. The molecule has 1 aromatic rings. The summed E-state index contributed by atoms with van der Waals surface area (Å²) in [7, 11) is 0. The Labute approximate surface area is 81.5 Å². The highest BCUT2D eigenvalue weighted by Gasteiger charge is 2.34. The predicted molar refractivity (Wildman–Crippen MR) is 43.7 cm³/mol. The number of aromatic nitrogens is 1. The molecule has 0 fully saturated rings. The average Bonchev–Trinajstić information content (AvgIpc) is 1.98. The summed E-state index contributed by atoms with van der Waals surface area (Å²) in [6.07, 6.45) is -4.02. The van der Waals surface area contributed by atoms with Gasteiger partial charge in [-0.1, -0.05) is 23.2 Å². The molecule has 1 aromatic heterocycles. The second kappa shape index (κ2) is 3.23. The van der Waals surface area contributed by atoms with Gasteiger partial charge in [-0.2, -0.15) is 13.2 Å². The van der Waals surface area contributed by atoms with E-state index in [-0.39, 0.29) is 10.2 Å². The quantitative estimate of drug-likeness (QED) is 0.697. The number of alkyl halides is 3. The average molecular weight is 231 g/mol. The molecule has 0 spiro atoms. The van der Waals surface area contributed by atoms with Crippen molar-refractivity contribution in [2.45, 2.75) is 6.18 Å². The number of rotatable bonds is 0. The van der Waals surface area contributed by atoms with E-state index in [1.54, 1.807) is 0 Å². The molecule has 0 aliphatic heterocycles. The van der Waals surface area contributed by atoms with E-state index < -0.39 is 17.4 Å². The van der Waals surface area contributed by atoms with E-state index in [1.807, 2.05) is 0 Å².